The van der Waals surface area contributed by atoms with Crippen molar-refractivity contribution < 1.29 is 0 Å². The minimum Gasteiger partial charge on any atom is -0.387 e. The molecule has 0 saturated heterocycles. The highest BCUT2D eigenvalue weighted by Crippen LogP contribution is 2.47. The third kappa shape index (κ3) is 1.46. The summed E-state index contributed by atoms with van der Waals surface area (Å²) in [6.07, 6.45) is 13.9. The minimum absolute atomic E-state index is 0.742. The molecule has 0 radical (unpaired) electrons. The van der Waals surface area contributed by atoms with Crippen LogP contribution in [0.3, 0.4) is 0 Å². The quantitative estimate of drug-likeness (QED) is 0.694. The lowest BCUT2D eigenvalue weighted by molar-refractivity contribution is 0.475. The van der Waals surface area contributed by atoms with Gasteiger partial charge >= 0.3 is 0 Å². The Kier molecular flexibility index (Phi) is 2.47. The highest BCUT2D eigenvalue weighted by Gasteiger charge is 2.35. The van der Waals surface area contributed by atoms with Gasteiger partial charge in [0, 0.05) is 6.54 Å². The van der Waals surface area contributed by atoms with Crippen molar-refractivity contribution in [2.75, 3.05) is 6.54 Å². The second kappa shape index (κ2) is 3.97. The first-order valence-corrected chi connectivity index (χ1v) is 6.34. The smallest absolute Gasteiger partial charge is 0.0363 e. The zero-order valence-electron chi connectivity index (χ0n) is 9.71. The Balaban J connectivity index is 2.02. The molecule has 2 atom stereocenters. The summed E-state index contributed by atoms with van der Waals surface area (Å²) in [5, 5.41) is 3.41. The van der Waals surface area contributed by atoms with E-state index in [1.165, 1.54) is 24.8 Å². The molecule has 0 amide bonds. The van der Waals surface area contributed by atoms with Crippen LogP contribution in [-0.2, 0) is 0 Å². The monoisotopic (exact) mass is 213 g/mol. The van der Waals surface area contributed by atoms with Crippen molar-refractivity contribution >= 4 is 0 Å². The van der Waals surface area contributed by atoms with E-state index in [0.29, 0.717) is 0 Å². The number of nitrogens with one attached hydrogen (secondary N) is 1. The van der Waals surface area contributed by atoms with Crippen LogP contribution < -0.4 is 5.32 Å². The normalized spacial score (nSPS) is 31.6. The fraction of sp³-hybridized carbons (Fsp3) is 0.467. The lowest BCUT2D eigenvalue weighted by Crippen LogP contribution is -2.13. The summed E-state index contributed by atoms with van der Waals surface area (Å²) in [5.74, 6) is 1.57. The zero-order valence-corrected chi connectivity index (χ0v) is 9.71. The van der Waals surface area contributed by atoms with Crippen LogP contribution in [0.4, 0.5) is 0 Å². The Morgan fingerprint density at radius 2 is 2.44 bits per heavy atom. The summed E-state index contributed by atoms with van der Waals surface area (Å²) in [4.78, 5) is 0. The summed E-state index contributed by atoms with van der Waals surface area (Å²) in [7, 11) is 0. The molecular formula is C15H19N. The minimum atomic E-state index is 0.742. The fourth-order valence-electron chi connectivity index (χ4n) is 3.47. The Hall–Kier alpha value is -1.24. The lowest BCUT2D eigenvalue weighted by Gasteiger charge is -2.20. The molecule has 0 aromatic carbocycles. The molecule has 0 spiro atoms. The molecule has 1 N–H and O–H groups in total. The molecular weight excluding hydrogens is 194 g/mol. The maximum Gasteiger partial charge on any atom is 0.0363 e. The van der Waals surface area contributed by atoms with Crippen molar-refractivity contribution in [1.29, 1.82) is 0 Å². The molecule has 3 aliphatic rings. The van der Waals surface area contributed by atoms with E-state index in [-0.39, 0.29) is 0 Å². The number of hydrogen-bond donors (Lipinski definition) is 1. The van der Waals surface area contributed by atoms with Crippen LogP contribution in [0, 0.1) is 11.8 Å². The molecule has 2 unspecified atom stereocenters. The van der Waals surface area contributed by atoms with E-state index in [1.54, 1.807) is 11.1 Å². The van der Waals surface area contributed by atoms with Gasteiger partial charge in [0.05, 0.1) is 0 Å². The summed E-state index contributed by atoms with van der Waals surface area (Å²) in [6, 6.07) is 0. The van der Waals surface area contributed by atoms with Crippen LogP contribution in [0.2, 0.25) is 0 Å². The highest BCUT2D eigenvalue weighted by atomic mass is 14.8. The lowest BCUT2D eigenvalue weighted by atomic mass is 9.84. The van der Waals surface area contributed by atoms with E-state index >= 15 is 0 Å². The molecule has 0 bridgehead atoms. The molecule has 84 valence electrons. The average Bonchev–Trinajstić information content (AvgIpc) is 2.50. The van der Waals surface area contributed by atoms with Crippen molar-refractivity contribution in [3.63, 3.8) is 0 Å². The van der Waals surface area contributed by atoms with Gasteiger partial charge < -0.3 is 5.32 Å². The largest absolute Gasteiger partial charge is 0.387 e. The van der Waals surface area contributed by atoms with E-state index in [9.17, 15) is 0 Å². The molecule has 1 aliphatic heterocycles. The predicted molar refractivity (Wildman–Crippen MR) is 67.9 cm³/mol. The van der Waals surface area contributed by atoms with Gasteiger partial charge in [-0.25, -0.2) is 0 Å². The molecule has 16 heavy (non-hydrogen) atoms. The first-order valence-electron chi connectivity index (χ1n) is 6.34. The van der Waals surface area contributed by atoms with Crippen LogP contribution in [-0.4, -0.2) is 6.54 Å². The number of rotatable bonds is 2. The van der Waals surface area contributed by atoms with Crippen LogP contribution >= 0.6 is 0 Å². The van der Waals surface area contributed by atoms with Gasteiger partial charge in [-0.1, -0.05) is 12.2 Å². The summed E-state index contributed by atoms with van der Waals surface area (Å²) >= 11 is 0. The maximum atomic E-state index is 3.90. The van der Waals surface area contributed by atoms with Crippen molar-refractivity contribution in [2.24, 2.45) is 11.8 Å². The topological polar surface area (TPSA) is 12.0 Å². The van der Waals surface area contributed by atoms with Gasteiger partial charge in [-0.2, -0.15) is 0 Å². The molecule has 0 saturated carbocycles. The standard InChI is InChI=1S/C15H19N/c1-2-4-12-9-13-6-3-5-11-7-8-16-10-14(12)15(11)13/h2,5,7-8,12-13,16H,1,3-4,6,9-10H2. The van der Waals surface area contributed by atoms with Crippen LogP contribution in [0.25, 0.3) is 0 Å². The van der Waals surface area contributed by atoms with Gasteiger partial charge in [0.15, 0.2) is 0 Å². The van der Waals surface area contributed by atoms with Crippen molar-refractivity contribution in [2.45, 2.75) is 25.7 Å². The second-order valence-electron chi connectivity index (χ2n) is 5.04. The van der Waals surface area contributed by atoms with Crippen molar-refractivity contribution in [3.05, 3.63) is 47.7 Å². The third-order valence-corrected chi connectivity index (χ3v) is 4.13. The van der Waals surface area contributed by atoms with Crippen molar-refractivity contribution in [3.8, 4) is 0 Å². The molecule has 1 heteroatoms. The highest BCUT2D eigenvalue weighted by molar-refractivity contribution is 5.50. The van der Waals surface area contributed by atoms with Gasteiger partial charge in [-0.3, -0.25) is 0 Å². The van der Waals surface area contributed by atoms with E-state index in [2.05, 4.69) is 36.3 Å². The number of hydrogen-bond acceptors (Lipinski definition) is 1. The van der Waals surface area contributed by atoms with E-state index in [4.69, 9.17) is 0 Å². The van der Waals surface area contributed by atoms with Crippen molar-refractivity contribution in [1.82, 2.24) is 5.32 Å². The Labute approximate surface area is 97.6 Å². The molecule has 2 aliphatic carbocycles. The van der Waals surface area contributed by atoms with Crippen LogP contribution in [0.1, 0.15) is 25.7 Å². The zero-order chi connectivity index (χ0) is 11.0. The first-order chi connectivity index (χ1) is 7.90. The Bertz CT molecular complexity index is 398. The van der Waals surface area contributed by atoms with Gasteiger partial charge in [-0.05, 0) is 66.5 Å². The van der Waals surface area contributed by atoms with E-state index in [0.717, 1.165) is 24.8 Å². The maximum absolute atomic E-state index is 3.90. The summed E-state index contributed by atoms with van der Waals surface area (Å²) in [5.41, 5.74) is 4.81. The summed E-state index contributed by atoms with van der Waals surface area (Å²) < 4.78 is 0. The van der Waals surface area contributed by atoms with Gasteiger partial charge in [0.2, 0.25) is 0 Å². The molecule has 1 nitrogen and oxygen atoms in total. The van der Waals surface area contributed by atoms with Gasteiger partial charge in [0.25, 0.3) is 0 Å². The second-order valence-corrected chi connectivity index (χ2v) is 5.04. The SMILES string of the molecule is C=CCC1CC2CCC=C3C=CNCC1=C32. The molecule has 1 heterocycles. The van der Waals surface area contributed by atoms with Crippen LogP contribution in [0.15, 0.2) is 47.7 Å². The fourth-order valence-corrected chi connectivity index (χ4v) is 3.47. The van der Waals surface area contributed by atoms with Gasteiger partial charge in [0.1, 0.15) is 0 Å². The third-order valence-electron chi connectivity index (χ3n) is 4.13. The molecule has 0 fully saturated rings. The van der Waals surface area contributed by atoms with Crippen LogP contribution in [0.5, 0.6) is 0 Å². The Morgan fingerprint density at radius 3 is 3.31 bits per heavy atom. The Morgan fingerprint density at radius 1 is 1.50 bits per heavy atom. The number of allylic oxidation sites excluding steroid dienone is 5. The molecule has 3 rings (SSSR count). The van der Waals surface area contributed by atoms with Gasteiger partial charge in [-0.15, -0.1) is 6.58 Å². The van der Waals surface area contributed by atoms with E-state index in [1.807, 2.05) is 0 Å². The predicted octanol–water partition coefficient (Wildman–Crippen LogP) is 3.33. The first kappa shape index (κ1) is 9.95. The summed E-state index contributed by atoms with van der Waals surface area (Å²) in [6.45, 7) is 4.94. The van der Waals surface area contributed by atoms with E-state index < -0.39 is 0 Å². The molecule has 0 aromatic rings. The average molecular weight is 213 g/mol. The molecule has 0 aromatic heterocycles.